The summed E-state index contributed by atoms with van der Waals surface area (Å²) >= 11 is 3.86. The number of thioether (sulfide) groups is 1. The van der Waals surface area contributed by atoms with Gasteiger partial charge in [-0.3, -0.25) is 0 Å². The number of nitrogen functional groups attached to an aromatic ring is 1. The molecule has 18 heavy (non-hydrogen) atoms. The van der Waals surface area contributed by atoms with Crippen LogP contribution >= 0.6 is 34.4 Å². The van der Waals surface area contributed by atoms with Crippen molar-refractivity contribution in [3.63, 3.8) is 0 Å². The Morgan fingerprint density at radius 2 is 2.28 bits per heavy atom. The summed E-state index contributed by atoms with van der Waals surface area (Å²) < 4.78 is 16.1. The first kappa shape index (κ1) is 13.9. The van der Waals surface area contributed by atoms with Crippen LogP contribution in [0.15, 0.2) is 12.1 Å². The van der Waals surface area contributed by atoms with E-state index in [4.69, 9.17) is 5.73 Å². The maximum atomic E-state index is 13.6. The molecule has 2 N–H and O–H groups in total. The van der Waals surface area contributed by atoms with E-state index in [-0.39, 0.29) is 5.82 Å². The molecule has 0 saturated heterocycles. The first-order chi connectivity index (χ1) is 8.63. The van der Waals surface area contributed by atoms with Crippen molar-refractivity contribution in [2.75, 3.05) is 17.2 Å². The SMILES string of the molecule is CCSCCCn1c(N)nc2cc(I)c(F)cc21. The normalized spacial score (nSPS) is 11.3. The second kappa shape index (κ2) is 6.10. The number of rotatable bonds is 5. The highest BCUT2D eigenvalue weighted by molar-refractivity contribution is 14.1. The number of aryl methyl sites for hydroxylation is 1. The van der Waals surface area contributed by atoms with Crippen molar-refractivity contribution in [2.45, 2.75) is 19.9 Å². The molecular formula is C12H15FIN3S. The summed E-state index contributed by atoms with van der Waals surface area (Å²) in [7, 11) is 0. The predicted octanol–water partition coefficient (Wildman–Crippen LogP) is 3.51. The zero-order valence-corrected chi connectivity index (χ0v) is 13.1. The molecule has 1 aromatic heterocycles. The molecular weight excluding hydrogens is 364 g/mol. The van der Waals surface area contributed by atoms with E-state index < -0.39 is 0 Å². The zero-order chi connectivity index (χ0) is 13.1. The lowest BCUT2D eigenvalue weighted by Crippen LogP contribution is -2.04. The molecule has 2 aromatic rings. The van der Waals surface area contributed by atoms with Crippen LogP contribution in [0.25, 0.3) is 11.0 Å². The van der Waals surface area contributed by atoms with E-state index in [9.17, 15) is 4.39 Å². The number of nitrogens with zero attached hydrogens (tertiary/aromatic N) is 2. The van der Waals surface area contributed by atoms with Crippen LogP contribution in [0.4, 0.5) is 10.3 Å². The van der Waals surface area contributed by atoms with Crippen LogP contribution in [0.2, 0.25) is 0 Å². The van der Waals surface area contributed by atoms with Gasteiger partial charge in [0.2, 0.25) is 5.95 Å². The average molecular weight is 379 g/mol. The van der Waals surface area contributed by atoms with Crippen LogP contribution in [-0.2, 0) is 6.54 Å². The Kier molecular flexibility index (Phi) is 4.71. The third-order valence-corrected chi connectivity index (χ3v) is 4.51. The molecule has 1 aromatic carbocycles. The van der Waals surface area contributed by atoms with E-state index >= 15 is 0 Å². The van der Waals surface area contributed by atoms with Crippen LogP contribution in [0.1, 0.15) is 13.3 Å². The topological polar surface area (TPSA) is 43.8 Å². The standard InChI is InChI=1S/C12H15FIN3S/c1-2-18-5-3-4-17-11-6-8(13)9(14)7-10(11)16-12(17)15/h6-7H,2-5H2,1H3,(H2,15,16). The smallest absolute Gasteiger partial charge is 0.201 e. The minimum absolute atomic E-state index is 0.216. The maximum absolute atomic E-state index is 13.6. The summed E-state index contributed by atoms with van der Waals surface area (Å²) in [5, 5.41) is 0. The minimum atomic E-state index is -0.216. The Morgan fingerprint density at radius 1 is 1.50 bits per heavy atom. The third-order valence-electron chi connectivity index (χ3n) is 2.69. The van der Waals surface area contributed by atoms with Gasteiger partial charge in [-0.05, 0) is 46.6 Å². The largest absolute Gasteiger partial charge is 0.369 e. The summed E-state index contributed by atoms with van der Waals surface area (Å²) in [6.45, 7) is 2.93. The Morgan fingerprint density at radius 3 is 3.00 bits per heavy atom. The lowest BCUT2D eigenvalue weighted by Gasteiger charge is -2.06. The molecule has 0 bridgehead atoms. The number of benzene rings is 1. The molecule has 0 aliphatic heterocycles. The average Bonchev–Trinajstić information content (AvgIpc) is 2.62. The molecule has 0 fully saturated rings. The first-order valence-electron chi connectivity index (χ1n) is 5.82. The van der Waals surface area contributed by atoms with Crippen molar-refractivity contribution in [3.8, 4) is 0 Å². The Labute approximate surface area is 123 Å². The number of fused-ring (bicyclic) bond motifs is 1. The van der Waals surface area contributed by atoms with Gasteiger partial charge in [0, 0.05) is 12.6 Å². The summed E-state index contributed by atoms with van der Waals surface area (Å²) in [4.78, 5) is 4.28. The summed E-state index contributed by atoms with van der Waals surface area (Å²) in [5.74, 6) is 2.45. The fraction of sp³-hybridized carbons (Fsp3) is 0.417. The van der Waals surface area contributed by atoms with Gasteiger partial charge in [0.1, 0.15) is 5.82 Å². The fourth-order valence-corrected chi connectivity index (χ4v) is 2.92. The molecule has 98 valence electrons. The van der Waals surface area contributed by atoms with Crippen LogP contribution in [-0.4, -0.2) is 21.1 Å². The number of imidazole rings is 1. The van der Waals surface area contributed by atoms with E-state index in [1.165, 1.54) is 6.07 Å². The van der Waals surface area contributed by atoms with Gasteiger partial charge in [-0.2, -0.15) is 11.8 Å². The quantitative estimate of drug-likeness (QED) is 0.639. The number of halogens is 2. The van der Waals surface area contributed by atoms with Crippen molar-refractivity contribution >= 4 is 51.3 Å². The molecule has 0 saturated carbocycles. The molecule has 0 radical (unpaired) electrons. The van der Waals surface area contributed by atoms with Crippen LogP contribution in [0, 0.1) is 9.39 Å². The highest BCUT2D eigenvalue weighted by Gasteiger charge is 2.11. The molecule has 0 spiro atoms. The van der Waals surface area contributed by atoms with Crippen molar-refractivity contribution in [1.29, 1.82) is 0 Å². The first-order valence-corrected chi connectivity index (χ1v) is 8.05. The van der Waals surface area contributed by atoms with Crippen molar-refractivity contribution in [3.05, 3.63) is 21.5 Å². The van der Waals surface area contributed by atoms with Gasteiger partial charge in [-0.15, -0.1) is 0 Å². The van der Waals surface area contributed by atoms with Crippen LogP contribution < -0.4 is 5.73 Å². The molecule has 1 heterocycles. The maximum Gasteiger partial charge on any atom is 0.201 e. The summed E-state index contributed by atoms with van der Waals surface area (Å²) in [5.41, 5.74) is 7.44. The summed E-state index contributed by atoms with van der Waals surface area (Å²) in [6, 6.07) is 3.26. The molecule has 0 aliphatic carbocycles. The Bertz CT molecular complexity index is 556. The van der Waals surface area contributed by atoms with Gasteiger partial charge in [0.05, 0.1) is 14.6 Å². The lowest BCUT2D eigenvalue weighted by molar-refractivity contribution is 0.620. The van der Waals surface area contributed by atoms with Gasteiger partial charge in [0.15, 0.2) is 0 Å². The van der Waals surface area contributed by atoms with E-state index in [2.05, 4.69) is 11.9 Å². The molecule has 0 aliphatic rings. The third kappa shape index (κ3) is 2.90. The van der Waals surface area contributed by atoms with Crippen molar-refractivity contribution in [1.82, 2.24) is 9.55 Å². The highest BCUT2D eigenvalue weighted by atomic mass is 127. The number of hydrogen-bond donors (Lipinski definition) is 1. The summed E-state index contributed by atoms with van der Waals surface area (Å²) in [6.07, 6.45) is 1.02. The van der Waals surface area contributed by atoms with E-state index in [1.54, 1.807) is 6.07 Å². The van der Waals surface area contributed by atoms with Crippen molar-refractivity contribution in [2.24, 2.45) is 0 Å². The zero-order valence-electron chi connectivity index (χ0n) is 10.1. The second-order valence-electron chi connectivity index (χ2n) is 3.93. The molecule has 0 amide bonds. The van der Waals surface area contributed by atoms with Crippen LogP contribution in [0.5, 0.6) is 0 Å². The van der Waals surface area contributed by atoms with Gasteiger partial charge in [-0.25, -0.2) is 9.37 Å². The number of anilines is 1. The monoisotopic (exact) mass is 379 g/mol. The van der Waals surface area contributed by atoms with Gasteiger partial charge < -0.3 is 10.3 Å². The van der Waals surface area contributed by atoms with Gasteiger partial charge in [0.25, 0.3) is 0 Å². The molecule has 6 heteroatoms. The van der Waals surface area contributed by atoms with Gasteiger partial charge >= 0.3 is 0 Å². The van der Waals surface area contributed by atoms with E-state index in [1.807, 2.05) is 38.9 Å². The Balaban J connectivity index is 2.26. The van der Waals surface area contributed by atoms with Crippen molar-refractivity contribution < 1.29 is 4.39 Å². The number of hydrogen-bond acceptors (Lipinski definition) is 3. The minimum Gasteiger partial charge on any atom is -0.369 e. The number of nitrogens with two attached hydrogens (primary N) is 1. The molecule has 3 nitrogen and oxygen atoms in total. The number of aromatic nitrogens is 2. The predicted molar refractivity (Wildman–Crippen MR) is 84.4 cm³/mol. The Hall–Kier alpha value is -0.500. The highest BCUT2D eigenvalue weighted by Crippen LogP contribution is 2.23. The lowest BCUT2D eigenvalue weighted by atomic mass is 10.3. The van der Waals surface area contributed by atoms with Crippen LogP contribution in [0.3, 0.4) is 0 Å². The van der Waals surface area contributed by atoms with E-state index in [0.29, 0.717) is 9.52 Å². The van der Waals surface area contributed by atoms with Gasteiger partial charge in [-0.1, -0.05) is 6.92 Å². The van der Waals surface area contributed by atoms with E-state index in [0.717, 1.165) is 35.5 Å². The fourth-order valence-electron chi connectivity index (χ4n) is 1.84. The molecule has 0 atom stereocenters. The second-order valence-corrected chi connectivity index (χ2v) is 6.48. The molecule has 2 rings (SSSR count). The molecule has 0 unspecified atom stereocenters.